The van der Waals surface area contributed by atoms with E-state index in [0.717, 1.165) is 11.4 Å². The van der Waals surface area contributed by atoms with E-state index in [4.69, 9.17) is 0 Å². The molecule has 1 N–H and O–H groups in total. The maximum absolute atomic E-state index is 4.42. The van der Waals surface area contributed by atoms with Gasteiger partial charge in [0.2, 0.25) is 0 Å². The number of hydrogen-bond donors (Lipinski definition) is 1. The van der Waals surface area contributed by atoms with Gasteiger partial charge < -0.3 is 5.32 Å². The van der Waals surface area contributed by atoms with Gasteiger partial charge in [-0.2, -0.15) is 5.10 Å². The average Bonchev–Trinajstić information content (AvgIpc) is 2.95. The Balaban J connectivity index is 1.96. The van der Waals surface area contributed by atoms with Crippen LogP contribution in [0.2, 0.25) is 0 Å². The Hall–Kier alpha value is -1.62. The topological polar surface area (TPSA) is 47.7 Å². The van der Waals surface area contributed by atoms with Crippen molar-refractivity contribution in [3.8, 4) is 5.69 Å². The molecule has 3 rings (SSSR count). The van der Waals surface area contributed by atoms with Crippen LogP contribution in [0.3, 0.4) is 0 Å². The van der Waals surface area contributed by atoms with Crippen LogP contribution in [0.25, 0.3) is 5.69 Å². The quantitative estimate of drug-likeness (QED) is 0.898. The van der Waals surface area contributed by atoms with Crippen molar-refractivity contribution in [1.29, 1.82) is 0 Å². The largest absolute Gasteiger partial charge is 0.306 e. The van der Waals surface area contributed by atoms with E-state index < -0.39 is 0 Å². The number of nitrogens with zero attached hydrogens (tertiary/aromatic N) is 4. The molecule has 0 radical (unpaired) electrons. The van der Waals surface area contributed by atoms with Crippen LogP contribution in [-0.2, 0) is 7.05 Å². The van der Waals surface area contributed by atoms with Crippen molar-refractivity contribution < 1.29 is 0 Å². The molecule has 19 heavy (non-hydrogen) atoms. The van der Waals surface area contributed by atoms with Crippen LogP contribution in [0.1, 0.15) is 43.6 Å². The summed E-state index contributed by atoms with van der Waals surface area (Å²) < 4.78 is 4.02. The van der Waals surface area contributed by atoms with Crippen LogP contribution in [0, 0.1) is 6.92 Å². The number of rotatable bonds is 2. The van der Waals surface area contributed by atoms with E-state index in [0.29, 0.717) is 12.1 Å². The Bertz CT molecular complexity index is 568. The van der Waals surface area contributed by atoms with Gasteiger partial charge in [-0.15, -0.1) is 0 Å². The molecule has 0 amide bonds. The van der Waals surface area contributed by atoms with E-state index >= 15 is 0 Å². The predicted octanol–water partition coefficient (Wildman–Crippen LogP) is 2.12. The van der Waals surface area contributed by atoms with Gasteiger partial charge in [0.1, 0.15) is 0 Å². The minimum Gasteiger partial charge on any atom is -0.306 e. The summed E-state index contributed by atoms with van der Waals surface area (Å²) in [7, 11) is 1.95. The Kier molecular flexibility index (Phi) is 3.14. The third kappa shape index (κ3) is 2.30. The van der Waals surface area contributed by atoms with Gasteiger partial charge in [-0.25, -0.2) is 4.98 Å². The molecule has 1 saturated heterocycles. The van der Waals surface area contributed by atoms with Crippen LogP contribution in [0.4, 0.5) is 0 Å². The van der Waals surface area contributed by atoms with Crippen LogP contribution in [0.5, 0.6) is 0 Å². The lowest BCUT2D eigenvalue weighted by Gasteiger charge is -2.29. The highest BCUT2D eigenvalue weighted by atomic mass is 15.3. The maximum atomic E-state index is 4.42. The summed E-state index contributed by atoms with van der Waals surface area (Å²) in [6.07, 6.45) is 9.62. The Labute approximate surface area is 113 Å². The van der Waals surface area contributed by atoms with Crippen molar-refractivity contribution in [2.24, 2.45) is 7.05 Å². The van der Waals surface area contributed by atoms with Gasteiger partial charge >= 0.3 is 0 Å². The third-order valence-corrected chi connectivity index (χ3v) is 3.89. The fourth-order valence-electron chi connectivity index (χ4n) is 2.96. The molecule has 102 valence electrons. The Morgan fingerprint density at radius 3 is 2.89 bits per heavy atom. The number of piperidine rings is 1. The lowest BCUT2D eigenvalue weighted by atomic mass is 9.97. The molecule has 0 bridgehead atoms. The number of nitrogens with one attached hydrogen (secondary N) is 1. The first kappa shape index (κ1) is 12.4. The van der Waals surface area contributed by atoms with E-state index in [2.05, 4.69) is 26.9 Å². The van der Waals surface area contributed by atoms with E-state index in [1.165, 1.54) is 25.0 Å². The minimum atomic E-state index is 0.394. The zero-order valence-electron chi connectivity index (χ0n) is 11.8. The molecule has 1 aliphatic rings. The van der Waals surface area contributed by atoms with Gasteiger partial charge in [0.05, 0.1) is 29.6 Å². The summed E-state index contributed by atoms with van der Waals surface area (Å²) in [5, 5.41) is 8.08. The van der Waals surface area contributed by atoms with E-state index in [1.807, 2.05) is 37.4 Å². The summed E-state index contributed by atoms with van der Waals surface area (Å²) in [5.41, 5.74) is 3.39. The number of imidazole rings is 1. The van der Waals surface area contributed by atoms with Crippen molar-refractivity contribution in [2.45, 2.75) is 45.2 Å². The molecule has 1 aliphatic heterocycles. The van der Waals surface area contributed by atoms with Gasteiger partial charge in [0.15, 0.2) is 0 Å². The Morgan fingerprint density at radius 1 is 1.37 bits per heavy atom. The summed E-state index contributed by atoms with van der Waals surface area (Å²) in [6.45, 7) is 4.29. The highest BCUT2D eigenvalue weighted by Crippen LogP contribution is 2.27. The molecule has 2 aromatic rings. The second-order valence-electron chi connectivity index (χ2n) is 5.51. The summed E-state index contributed by atoms with van der Waals surface area (Å²) in [6, 6.07) is 0.975. The second-order valence-corrected chi connectivity index (χ2v) is 5.51. The first-order valence-corrected chi connectivity index (χ1v) is 6.94. The first-order chi connectivity index (χ1) is 9.15. The van der Waals surface area contributed by atoms with Crippen molar-refractivity contribution in [3.63, 3.8) is 0 Å². The fourth-order valence-corrected chi connectivity index (χ4v) is 2.96. The third-order valence-electron chi connectivity index (χ3n) is 3.89. The van der Waals surface area contributed by atoms with Crippen molar-refractivity contribution >= 4 is 0 Å². The van der Waals surface area contributed by atoms with Crippen LogP contribution in [-0.4, -0.2) is 25.4 Å². The van der Waals surface area contributed by atoms with E-state index in [9.17, 15) is 0 Å². The zero-order chi connectivity index (χ0) is 13.4. The number of aryl methyl sites for hydroxylation is 2. The SMILES string of the molecule is Cc1nn(C)cc1-n1cncc1C1CCCC(C)N1. The molecule has 2 aromatic heterocycles. The first-order valence-electron chi connectivity index (χ1n) is 6.94. The van der Waals surface area contributed by atoms with Crippen LogP contribution < -0.4 is 5.32 Å². The monoisotopic (exact) mass is 259 g/mol. The predicted molar refractivity (Wildman–Crippen MR) is 74.3 cm³/mol. The normalized spacial score (nSPS) is 23.7. The smallest absolute Gasteiger partial charge is 0.0995 e. The Morgan fingerprint density at radius 2 is 2.21 bits per heavy atom. The van der Waals surface area contributed by atoms with Crippen molar-refractivity contribution in [1.82, 2.24) is 24.6 Å². The molecule has 2 unspecified atom stereocenters. The second kappa shape index (κ2) is 4.81. The van der Waals surface area contributed by atoms with Crippen LogP contribution in [0.15, 0.2) is 18.7 Å². The lowest BCUT2D eigenvalue weighted by molar-refractivity contribution is 0.334. The molecule has 0 aromatic carbocycles. The van der Waals surface area contributed by atoms with Gasteiger partial charge in [-0.1, -0.05) is 0 Å². The molecular formula is C14H21N5. The van der Waals surface area contributed by atoms with Gasteiger partial charge in [0.25, 0.3) is 0 Å². The molecular weight excluding hydrogens is 238 g/mol. The van der Waals surface area contributed by atoms with Gasteiger partial charge in [-0.3, -0.25) is 9.25 Å². The average molecular weight is 259 g/mol. The van der Waals surface area contributed by atoms with Gasteiger partial charge in [-0.05, 0) is 33.1 Å². The van der Waals surface area contributed by atoms with Gasteiger partial charge in [0, 0.05) is 25.3 Å². The van der Waals surface area contributed by atoms with Crippen molar-refractivity contribution in [2.75, 3.05) is 0 Å². The van der Waals surface area contributed by atoms with Crippen molar-refractivity contribution in [3.05, 3.63) is 30.1 Å². The highest BCUT2D eigenvalue weighted by Gasteiger charge is 2.23. The maximum Gasteiger partial charge on any atom is 0.0995 e. The zero-order valence-corrected chi connectivity index (χ0v) is 11.8. The van der Waals surface area contributed by atoms with E-state index in [1.54, 1.807) is 0 Å². The molecule has 0 saturated carbocycles. The number of hydrogen-bond acceptors (Lipinski definition) is 3. The number of aromatic nitrogens is 4. The fraction of sp³-hybridized carbons (Fsp3) is 0.571. The highest BCUT2D eigenvalue weighted by molar-refractivity contribution is 5.36. The summed E-state index contributed by atoms with van der Waals surface area (Å²) >= 11 is 0. The summed E-state index contributed by atoms with van der Waals surface area (Å²) in [5.74, 6) is 0. The lowest BCUT2D eigenvalue weighted by Crippen LogP contribution is -2.35. The molecule has 0 spiro atoms. The summed E-state index contributed by atoms with van der Waals surface area (Å²) in [4.78, 5) is 4.34. The molecule has 0 aliphatic carbocycles. The van der Waals surface area contributed by atoms with Crippen LogP contribution >= 0.6 is 0 Å². The molecule has 2 atom stereocenters. The molecule has 1 fully saturated rings. The molecule has 5 nitrogen and oxygen atoms in total. The standard InChI is InChI=1S/C14H21N5/c1-10-5-4-6-12(16-10)13-7-15-9-19(13)14-8-18(3)17-11(14)2/h7-10,12,16H,4-6H2,1-3H3. The molecule has 5 heteroatoms. The minimum absolute atomic E-state index is 0.394. The molecule has 3 heterocycles. The van der Waals surface area contributed by atoms with E-state index in [-0.39, 0.29) is 0 Å².